The molecule has 0 amide bonds. The first-order valence-corrected chi connectivity index (χ1v) is 6.43. The van der Waals surface area contributed by atoms with Crippen molar-refractivity contribution < 1.29 is 5.41 Å². The molecule has 0 aliphatic carbocycles. The highest BCUT2D eigenvalue weighted by Gasteiger charge is 2.05. The Morgan fingerprint density at radius 1 is 1.19 bits per heavy atom. The Morgan fingerprint density at radius 2 is 1.88 bits per heavy atom. The van der Waals surface area contributed by atoms with Crippen LogP contribution in [0.2, 0.25) is 5.02 Å². The molecule has 0 saturated heterocycles. The Morgan fingerprint density at radius 3 is 2.56 bits per heavy atom. The maximum Gasteiger partial charge on any atom is 0.204 e. The Bertz CT molecular complexity index is 536. The van der Waals surface area contributed by atoms with E-state index in [9.17, 15) is 0 Å². The van der Waals surface area contributed by atoms with Crippen LogP contribution in [0.4, 0.5) is 0 Å². The van der Waals surface area contributed by atoms with Gasteiger partial charge in [0.25, 0.3) is 0 Å². The van der Waals surface area contributed by atoms with E-state index >= 15 is 0 Å². The maximum absolute atomic E-state index is 6.16. The number of hydrogen-bond acceptors (Lipinski definition) is 1. The quantitative estimate of drug-likeness (QED) is 0.644. The highest BCUT2D eigenvalue weighted by atomic mass is 35.5. The molecule has 82 valence electrons. The molecule has 2 aromatic carbocycles. The molecule has 0 atom stereocenters. The molecule has 0 radical (unpaired) electrons. The van der Waals surface area contributed by atoms with Gasteiger partial charge in [-0.05, 0) is 17.0 Å². The smallest absolute Gasteiger partial charge is 0.204 e. The number of rotatable bonds is 2. The summed E-state index contributed by atoms with van der Waals surface area (Å²) in [5, 5.41) is 9.68. The third kappa shape index (κ3) is 2.39. The highest BCUT2D eigenvalue weighted by Crippen LogP contribution is 2.28. The van der Waals surface area contributed by atoms with Gasteiger partial charge >= 0.3 is 0 Å². The summed E-state index contributed by atoms with van der Waals surface area (Å²) in [5.41, 5.74) is 1.27. The molecule has 0 aliphatic heterocycles. The molecule has 16 heavy (non-hydrogen) atoms. The fourth-order valence-corrected chi connectivity index (χ4v) is 2.50. The number of fused-ring (bicyclic) bond motifs is 1. The summed E-state index contributed by atoms with van der Waals surface area (Å²) < 4.78 is 0. The van der Waals surface area contributed by atoms with E-state index in [0.717, 1.165) is 21.2 Å². The van der Waals surface area contributed by atoms with E-state index in [4.69, 9.17) is 17.0 Å². The van der Waals surface area contributed by atoms with Gasteiger partial charge in [-0.15, -0.1) is 0 Å². The standard InChI is InChI=1S/C13H12ClNS/c1-9(15)16-8-10-6-7-13(14)12-5-3-2-4-11(10)12/h2-7,15H,8H2,1H3/p+1. The topological polar surface area (TPSA) is 25.6 Å². The Balaban J connectivity index is 2.46. The van der Waals surface area contributed by atoms with Crippen LogP contribution in [0.15, 0.2) is 36.4 Å². The minimum Gasteiger partial charge on any atom is -0.253 e. The van der Waals surface area contributed by atoms with Crippen LogP contribution in [0.1, 0.15) is 12.5 Å². The SMILES string of the molecule is CC(=[NH2+])SCc1ccc(Cl)c2ccccc12. The van der Waals surface area contributed by atoms with Gasteiger partial charge < -0.3 is 0 Å². The molecule has 0 saturated carbocycles. The Labute approximate surface area is 104 Å². The largest absolute Gasteiger partial charge is 0.253 e. The van der Waals surface area contributed by atoms with Gasteiger partial charge in [0.1, 0.15) is 0 Å². The predicted molar refractivity (Wildman–Crippen MR) is 72.9 cm³/mol. The van der Waals surface area contributed by atoms with Gasteiger partial charge in [0.05, 0.1) is 0 Å². The summed E-state index contributed by atoms with van der Waals surface area (Å²) >= 11 is 7.81. The van der Waals surface area contributed by atoms with Crippen molar-refractivity contribution in [2.75, 3.05) is 0 Å². The number of thioether (sulfide) groups is 1. The van der Waals surface area contributed by atoms with Gasteiger partial charge in [0, 0.05) is 23.1 Å². The average Bonchev–Trinajstić information content (AvgIpc) is 2.28. The van der Waals surface area contributed by atoms with Gasteiger partial charge in [-0.2, -0.15) is 0 Å². The molecule has 0 bridgehead atoms. The lowest BCUT2D eigenvalue weighted by atomic mass is 10.1. The van der Waals surface area contributed by atoms with Crippen molar-refractivity contribution in [2.24, 2.45) is 0 Å². The van der Waals surface area contributed by atoms with Crippen LogP contribution in [0, 0.1) is 0 Å². The molecular formula is C13H13ClNS+. The van der Waals surface area contributed by atoms with Gasteiger partial charge in [0.15, 0.2) is 0 Å². The zero-order chi connectivity index (χ0) is 11.5. The van der Waals surface area contributed by atoms with E-state index in [1.165, 1.54) is 10.9 Å². The minimum absolute atomic E-state index is 0.804. The third-order valence-electron chi connectivity index (χ3n) is 2.42. The minimum atomic E-state index is 0.804. The van der Waals surface area contributed by atoms with Gasteiger partial charge in [-0.1, -0.05) is 53.7 Å². The van der Waals surface area contributed by atoms with Crippen molar-refractivity contribution in [2.45, 2.75) is 12.7 Å². The third-order valence-corrected chi connectivity index (χ3v) is 3.66. The summed E-state index contributed by atoms with van der Waals surface area (Å²) in [6.07, 6.45) is 0. The van der Waals surface area contributed by atoms with Crippen LogP contribution < -0.4 is 5.41 Å². The van der Waals surface area contributed by atoms with Gasteiger partial charge in [0.2, 0.25) is 5.04 Å². The lowest BCUT2D eigenvalue weighted by molar-refractivity contribution is -0.109. The first kappa shape index (κ1) is 11.5. The predicted octanol–water partition coefficient (Wildman–Crippen LogP) is 2.90. The van der Waals surface area contributed by atoms with Crippen molar-refractivity contribution in [1.29, 1.82) is 0 Å². The highest BCUT2D eigenvalue weighted by molar-refractivity contribution is 8.12. The second-order valence-electron chi connectivity index (χ2n) is 3.65. The molecule has 2 aromatic rings. The molecule has 3 heteroatoms. The lowest BCUT2D eigenvalue weighted by Gasteiger charge is -2.06. The zero-order valence-electron chi connectivity index (χ0n) is 9.03. The number of nitrogens with two attached hydrogens (primary N) is 1. The molecule has 0 unspecified atom stereocenters. The summed E-state index contributed by atoms with van der Waals surface area (Å²) in [6, 6.07) is 12.2. The molecule has 0 spiro atoms. The van der Waals surface area contributed by atoms with Crippen molar-refractivity contribution in [3.05, 3.63) is 47.0 Å². The van der Waals surface area contributed by atoms with E-state index in [1.54, 1.807) is 11.8 Å². The Kier molecular flexibility index (Phi) is 3.52. The monoisotopic (exact) mass is 250 g/mol. The van der Waals surface area contributed by atoms with Crippen LogP contribution in [0.25, 0.3) is 10.8 Å². The van der Waals surface area contributed by atoms with E-state index < -0.39 is 0 Å². The summed E-state index contributed by atoms with van der Waals surface area (Å²) in [4.78, 5) is 0. The van der Waals surface area contributed by atoms with Crippen LogP contribution >= 0.6 is 23.4 Å². The van der Waals surface area contributed by atoms with Crippen LogP contribution in [0.5, 0.6) is 0 Å². The molecule has 1 nitrogen and oxygen atoms in total. The first-order valence-electron chi connectivity index (χ1n) is 5.06. The maximum atomic E-state index is 6.16. The molecule has 2 rings (SSSR count). The molecular weight excluding hydrogens is 238 g/mol. The van der Waals surface area contributed by atoms with Crippen LogP contribution in [-0.4, -0.2) is 5.04 Å². The number of halogens is 1. The summed E-state index contributed by atoms with van der Waals surface area (Å²) in [7, 11) is 0. The molecule has 2 N–H and O–H groups in total. The molecule has 0 aromatic heterocycles. The number of benzene rings is 2. The van der Waals surface area contributed by atoms with E-state index in [0.29, 0.717) is 0 Å². The first-order chi connectivity index (χ1) is 7.68. The van der Waals surface area contributed by atoms with E-state index in [2.05, 4.69) is 12.1 Å². The summed E-state index contributed by atoms with van der Waals surface area (Å²) in [5.74, 6) is 0.889. The van der Waals surface area contributed by atoms with Gasteiger partial charge in [-0.3, -0.25) is 5.41 Å². The van der Waals surface area contributed by atoms with E-state index in [-0.39, 0.29) is 0 Å². The zero-order valence-corrected chi connectivity index (χ0v) is 10.6. The molecule has 0 aliphatic rings. The fourth-order valence-electron chi connectivity index (χ4n) is 1.64. The van der Waals surface area contributed by atoms with Crippen LogP contribution in [-0.2, 0) is 5.75 Å². The van der Waals surface area contributed by atoms with Crippen molar-refractivity contribution in [3.63, 3.8) is 0 Å². The fraction of sp³-hybridized carbons (Fsp3) is 0.154. The normalized spacial score (nSPS) is 10.6. The molecule has 0 fully saturated rings. The Hall–Kier alpha value is -0.990. The van der Waals surface area contributed by atoms with Crippen molar-refractivity contribution >= 4 is 39.2 Å². The van der Waals surface area contributed by atoms with E-state index in [1.807, 2.05) is 31.2 Å². The van der Waals surface area contributed by atoms with Crippen molar-refractivity contribution in [1.82, 2.24) is 0 Å². The average molecular weight is 251 g/mol. The van der Waals surface area contributed by atoms with Crippen LogP contribution in [0.3, 0.4) is 0 Å². The lowest BCUT2D eigenvalue weighted by Crippen LogP contribution is -2.35. The molecule has 0 heterocycles. The second kappa shape index (κ2) is 4.89. The van der Waals surface area contributed by atoms with Crippen molar-refractivity contribution in [3.8, 4) is 0 Å². The summed E-state index contributed by atoms with van der Waals surface area (Å²) in [6.45, 7) is 1.92. The van der Waals surface area contributed by atoms with Gasteiger partial charge in [-0.25, -0.2) is 0 Å². The second-order valence-corrected chi connectivity index (χ2v) is 5.28. The number of hydrogen-bond donors (Lipinski definition) is 1.